The van der Waals surface area contributed by atoms with Crippen LogP contribution < -0.4 is 9.47 Å². The maximum Gasteiger partial charge on any atom is 0.281 e. The zero-order valence-electron chi connectivity index (χ0n) is 17.5. The number of thiazole rings is 1. The molecule has 3 aromatic rings. The van der Waals surface area contributed by atoms with Gasteiger partial charge in [0.2, 0.25) is 5.88 Å². The van der Waals surface area contributed by atoms with Gasteiger partial charge in [-0.2, -0.15) is 0 Å². The van der Waals surface area contributed by atoms with Gasteiger partial charge < -0.3 is 19.0 Å². The molecule has 8 heteroatoms. The Bertz CT molecular complexity index is 1030. The number of aromatic nitrogens is 2. The first kappa shape index (κ1) is 21.6. The largest absolute Gasteiger partial charge is 0.477 e. The number of fused-ring (bicyclic) bond motifs is 1. The molecule has 1 aliphatic carbocycles. The number of ketones is 1. The highest BCUT2D eigenvalue weighted by molar-refractivity contribution is 7.19. The number of halogens is 1. The summed E-state index contributed by atoms with van der Waals surface area (Å²) in [6.45, 7) is 4.88. The summed E-state index contributed by atoms with van der Waals surface area (Å²) in [6.07, 6.45) is 2.75. The minimum absolute atomic E-state index is 0.204. The van der Waals surface area contributed by atoms with Crippen LogP contribution in [0.2, 0.25) is 0 Å². The normalized spacial score (nSPS) is 19.1. The summed E-state index contributed by atoms with van der Waals surface area (Å²) in [4.78, 5) is 20.8. The van der Waals surface area contributed by atoms with E-state index in [0.29, 0.717) is 42.4 Å². The lowest BCUT2D eigenvalue weighted by atomic mass is 9.83. The Hall–Kier alpha value is -2.58. The Morgan fingerprint density at radius 3 is 2.71 bits per heavy atom. The molecule has 164 valence electrons. The Morgan fingerprint density at radius 2 is 1.97 bits per heavy atom. The number of nitrogens with zero attached hydrogens (tertiary/aromatic N) is 2. The smallest absolute Gasteiger partial charge is 0.281 e. The molecule has 0 spiro atoms. The molecule has 1 fully saturated rings. The van der Waals surface area contributed by atoms with Crippen molar-refractivity contribution in [1.29, 1.82) is 0 Å². The van der Waals surface area contributed by atoms with Crippen LogP contribution in [0.15, 0.2) is 36.4 Å². The van der Waals surface area contributed by atoms with Gasteiger partial charge in [0, 0.05) is 19.1 Å². The number of carbonyl (C=O) groups is 1. The first-order chi connectivity index (χ1) is 14.9. The molecular weight excluding hydrogens is 419 g/mol. The summed E-state index contributed by atoms with van der Waals surface area (Å²) in [5.74, 6) is 1.69. The van der Waals surface area contributed by atoms with Crippen molar-refractivity contribution in [3.8, 4) is 16.8 Å². The molecule has 0 unspecified atom stereocenters. The van der Waals surface area contributed by atoms with Gasteiger partial charge in [0.05, 0.1) is 12.7 Å². The maximum atomic E-state index is 13.0. The lowest BCUT2D eigenvalue weighted by Gasteiger charge is -2.35. The van der Waals surface area contributed by atoms with Crippen LogP contribution in [-0.2, 0) is 9.53 Å². The fourth-order valence-electron chi connectivity index (χ4n) is 3.51. The lowest BCUT2D eigenvalue weighted by Crippen LogP contribution is -2.36. The summed E-state index contributed by atoms with van der Waals surface area (Å²) in [5.41, 5.74) is 0.728. The predicted octanol–water partition coefficient (Wildman–Crippen LogP) is 5.41. The van der Waals surface area contributed by atoms with Crippen LogP contribution in [0.1, 0.15) is 33.1 Å². The summed E-state index contributed by atoms with van der Waals surface area (Å²) in [7, 11) is 0. The molecule has 0 aliphatic heterocycles. The lowest BCUT2D eigenvalue weighted by molar-refractivity contribution is -0.119. The highest BCUT2D eigenvalue weighted by Gasteiger charge is 2.31. The number of hydrogen-bond donors (Lipinski definition) is 0. The zero-order chi connectivity index (χ0) is 21.8. The number of pyridine rings is 1. The topological polar surface area (TPSA) is 70.5 Å². The third kappa shape index (κ3) is 5.98. The Morgan fingerprint density at radius 1 is 1.19 bits per heavy atom. The van der Waals surface area contributed by atoms with Crippen LogP contribution >= 0.6 is 11.3 Å². The van der Waals surface area contributed by atoms with Crippen molar-refractivity contribution in [3.05, 3.63) is 42.2 Å². The number of rotatable bonds is 10. The molecule has 0 amide bonds. The van der Waals surface area contributed by atoms with E-state index >= 15 is 0 Å². The van der Waals surface area contributed by atoms with Gasteiger partial charge >= 0.3 is 0 Å². The third-order valence-electron chi connectivity index (χ3n) is 5.14. The summed E-state index contributed by atoms with van der Waals surface area (Å²) in [6, 6.07) is 9.46. The van der Waals surface area contributed by atoms with E-state index in [1.54, 1.807) is 25.1 Å². The van der Waals surface area contributed by atoms with Crippen LogP contribution in [-0.4, -0.2) is 35.1 Å². The van der Waals surface area contributed by atoms with Gasteiger partial charge in [0.1, 0.15) is 22.9 Å². The van der Waals surface area contributed by atoms with Gasteiger partial charge in [0.25, 0.3) is 5.19 Å². The van der Waals surface area contributed by atoms with E-state index in [9.17, 15) is 9.18 Å². The SMILES string of the molecule is CC(=O)C[C@@H](C)COC1CC(COc2ccc3nc(Oc4ccc(F)cc4)sc3n2)C1. The molecule has 1 saturated carbocycles. The molecule has 1 atom stereocenters. The number of Topliss-reactive ketones (excluding diaryl/α,β-unsaturated/α-hetero) is 1. The molecule has 0 N–H and O–H groups in total. The molecule has 2 heterocycles. The summed E-state index contributed by atoms with van der Waals surface area (Å²) < 4.78 is 30.4. The van der Waals surface area contributed by atoms with Crippen molar-refractivity contribution >= 4 is 27.5 Å². The minimum atomic E-state index is -0.313. The van der Waals surface area contributed by atoms with E-state index < -0.39 is 0 Å². The van der Waals surface area contributed by atoms with Gasteiger partial charge in [-0.25, -0.2) is 14.4 Å². The van der Waals surface area contributed by atoms with Crippen molar-refractivity contribution in [2.24, 2.45) is 11.8 Å². The summed E-state index contributed by atoms with van der Waals surface area (Å²) >= 11 is 1.32. The van der Waals surface area contributed by atoms with Crippen molar-refractivity contribution < 1.29 is 23.4 Å². The second-order valence-electron chi connectivity index (χ2n) is 8.12. The van der Waals surface area contributed by atoms with Gasteiger partial charge in [-0.05, 0) is 61.9 Å². The quantitative estimate of drug-likeness (QED) is 0.416. The number of hydrogen-bond acceptors (Lipinski definition) is 7. The van der Waals surface area contributed by atoms with E-state index in [1.165, 1.54) is 23.5 Å². The van der Waals surface area contributed by atoms with Gasteiger partial charge in [-0.1, -0.05) is 18.3 Å². The van der Waals surface area contributed by atoms with Gasteiger partial charge in [-0.15, -0.1) is 0 Å². The Labute approximate surface area is 184 Å². The second kappa shape index (κ2) is 9.70. The van der Waals surface area contributed by atoms with Crippen LogP contribution in [0.25, 0.3) is 10.3 Å². The molecule has 31 heavy (non-hydrogen) atoms. The molecule has 1 aromatic carbocycles. The average molecular weight is 445 g/mol. The second-order valence-corrected chi connectivity index (χ2v) is 9.06. The molecule has 0 saturated heterocycles. The standard InChI is InChI=1S/C23H25FN2O4S/c1-14(9-15(2)27)12-28-19-10-16(11-19)13-29-21-8-7-20-22(26-21)31-23(25-20)30-18-5-3-17(24)4-6-18/h3-8,14,16,19H,9-13H2,1-2H3/t14-,16?,19?/m1/s1. The Kier molecular flexibility index (Phi) is 6.77. The molecule has 0 bridgehead atoms. The minimum Gasteiger partial charge on any atom is -0.477 e. The molecular formula is C23H25FN2O4S. The van der Waals surface area contributed by atoms with Crippen molar-refractivity contribution in [2.75, 3.05) is 13.2 Å². The van der Waals surface area contributed by atoms with Crippen LogP contribution in [0, 0.1) is 17.7 Å². The molecule has 0 radical (unpaired) electrons. The van der Waals surface area contributed by atoms with E-state index in [2.05, 4.69) is 9.97 Å². The first-order valence-corrected chi connectivity index (χ1v) is 11.2. The molecule has 4 rings (SSSR count). The number of benzene rings is 1. The van der Waals surface area contributed by atoms with Gasteiger partial charge in [-0.3, -0.25) is 0 Å². The van der Waals surface area contributed by atoms with E-state index in [-0.39, 0.29) is 23.6 Å². The fraction of sp³-hybridized carbons (Fsp3) is 0.435. The van der Waals surface area contributed by atoms with E-state index in [4.69, 9.17) is 14.2 Å². The third-order valence-corrected chi connectivity index (χ3v) is 5.98. The first-order valence-electron chi connectivity index (χ1n) is 10.4. The highest BCUT2D eigenvalue weighted by atomic mass is 32.1. The van der Waals surface area contributed by atoms with Crippen LogP contribution in [0.5, 0.6) is 16.8 Å². The van der Waals surface area contributed by atoms with Crippen LogP contribution in [0.3, 0.4) is 0 Å². The maximum absolute atomic E-state index is 13.0. The van der Waals surface area contributed by atoms with Crippen molar-refractivity contribution in [3.63, 3.8) is 0 Å². The van der Waals surface area contributed by atoms with Crippen molar-refractivity contribution in [1.82, 2.24) is 9.97 Å². The molecule has 2 aromatic heterocycles. The molecule has 1 aliphatic rings. The number of carbonyl (C=O) groups excluding carboxylic acids is 1. The zero-order valence-corrected chi connectivity index (χ0v) is 18.4. The van der Waals surface area contributed by atoms with E-state index in [0.717, 1.165) is 23.2 Å². The summed E-state index contributed by atoms with van der Waals surface area (Å²) in [5, 5.41) is 0.448. The molecule has 6 nitrogen and oxygen atoms in total. The van der Waals surface area contributed by atoms with E-state index in [1.807, 2.05) is 13.0 Å². The average Bonchev–Trinajstić information content (AvgIpc) is 3.09. The van der Waals surface area contributed by atoms with Gasteiger partial charge in [0.15, 0.2) is 4.83 Å². The van der Waals surface area contributed by atoms with Crippen LogP contribution in [0.4, 0.5) is 4.39 Å². The van der Waals surface area contributed by atoms with Crippen molar-refractivity contribution in [2.45, 2.75) is 39.2 Å². The predicted molar refractivity (Wildman–Crippen MR) is 116 cm³/mol. The fourth-order valence-corrected chi connectivity index (χ4v) is 4.31. The Balaban J connectivity index is 1.23. The number of ether oxygens (including phenoxy) is 3. The highest BCUT2D eigenvalue weighted by Crippen LogP contribution is 2.33. The monoisotopic (exact) mass is 444 g/mol.